The number of unbranched alkanes of at least 4 members (excludes halogenated alkanes) is 2. The Morgan fingerprint density at radius 3 is 2.41 bits per heavy atom. The summed E-state index contributed by atoms with van der Waals surface area (Å²) in [6.07, 6.45) is 3.67. The lowest BCUT2D eigenvalue weighted by atomic mass is 10.2. The van der Waals surface area contributed by atoms with Gasteiger partial charge >= 0.3 is 0 Å². The molecule has 124 valence electrons. The van der Waals surface area contributed by atoms with Gasteiger partial charge in [-0.15, -0.1) is 0 Å². The van der Waals surface area contributed by atoms with Crippen LogP contribution in [0.25, 0.3) is 0 Å². The van der Waals surface area contributed by atoms with E-state index in [1.165, 1.54) is 12.8 Å². The summed E-state index contributed by atoms with van der Waals surface area (Å²) >= 11 is 0. The molecule has 1 unspecified atom stereocenters. The highest BCUT2D eigenvalue weighted by Gasteiger charge is 2.05. The maximum absolute atomic E-state index is 5.85. The summed E-state index contributed by atoms with van der Waals surface area (Å²) < 4.78 is 11.0. The molecule has 0 aliphatic carbocycles. The number of benzene rings is 1. The molecule has 0 bridgehead atoms. The van der Waals surface area contributed by atoms with Gasteiger partial charge in [-0.3, -0.25) is 4.99 Å². The Balaban J connectivity index is 2.29. The van der Waals surface area contributed by atoms with Gasteiger partial charge in [0.1, 0.15) is 17.6 Å². The number of rotatable bonds is 9. The summed E-state index contributed by atoms with van der Waals surface area (Å²) in [5.41, 5.74) is 0. The molecule has 1 atom stereocenters. The van der Waals surface area contributed by atoms with E-state index in [9.17, 15) is 0 Å². The number of ether oxygens (including phenoxy) is 2. The van der Waals surface area contributed by atoms with Gasteiger partial charge in [0.15, 0.2) is 5.96 Å². The molecule has 0 aliphatic rings. The van der Waals surface area contributed by atoms with Crippen LogP contribution in [0.15, 0.2) is 29.3 Å². The zero-order valence-corrected chi connectivity index (χ0v) is 14.2. The highest BCUT2D eigenvalue weighted by atomic mass is 16.5. The third kappa shape index (κ3) is 7.20. The fourth-order valence-electron chi connectivity index (χ4n) is 1.97. The standard InChI is InChI=1S/C17H29N3O2/c1-5-6-7-12-19-17(18-3)20-13-14(2)22-16-10-8-15(21-4)9-11-16/h8-11,14H,5-7,12-13H2,1-4H3,(H2,18,19,20). The average Bonchev–Trinajstić information content (AvgIpc) is 2.55. The minimum atomic E-state index is 0.0441. The van der Waals surface area contributed by atoms with Crippen LogP contribution in [0, 0.1) is 0 Å². The van der Waals surface area contributed by atoms with Crippen LogP contribution in [0.1, 0.15) is 33.1 Å². The van der Waals surface area contributed by atoms with Crippen molar-refractivity contribution in [3.8, 4) is 11.5 Å². The van der Waals surface area contributed by atoms with Gasteiger partial charge in [0.25, 0.3) is 0 Å². The van der Waals surface area contributed by atoms with Gasteiger partial charge in [-0.2, -0.15) is 0 Å². The quantitative estimate of drug-likeness (QED) is 0.418. The Morgan fingerprint density at radius 1 is 1.14 bits per heavy atom. The SMILES string of the molecule is CCCCCNC(=NC)NCC(C)Oc1ccc(OC)cc1. The molecule has 22 heavy (non-hydrogen) atoms. The largest absolute Gasteiger partial charge is 0.497 e. The molecular weight excluding hydrogens is 278 g/mol. The van der Waals surface area contributed by atoms with Crippen molar-refractivity contribution < 1.29 is 9.47 Å². The minimum absolute atomic E-state index is 0.0441. The van der Waals surface area contributed by atoms with Crippen molar-refractivity contribution >= 4 is 5.96 Å². The molecule has 0 fully saturated rings. The van der Waals surface area contributed by atoms with Crippen LogP contribution in [-0.4, -0.2) is 39.3 Å². The fraction of sp³-hybridized carbons (Fsp3) is 0.588. The summed E-state index contributed by atoms with van der Waals surface area (Å²) in [5.74, 6) is 2.48. The molecule has 1 rings (SSSR count). The lowest BCUT2D eigenvalue weighted by Crippen LogP contribution is -2.42. The minimum Gasteiger partial charge on any atom is -0.497 e. The van der Waals surface area contributed by atoms with Crippen LogP contribution in [0.4, 0.5) is 0 Å². The summed E-state index contributed by atoms with van der Waals surface area (Å²) in [6, 6.07) is 7.60. The molecule has 1 aromatic rings. The Bertz CT molecular complexity index is 432. The Hall–Kier alpha value is -1.91. The second-order valence-corrected chi connectivity index (χ2v) is 5.19. The molecule has 1 aromatic carbocycles. The molecule has 0 heterocycles. The summed E-state index contributed by atoms with van der Waals surface area (Å²) in [5, 5.41) is 6.58. The third-order valence-corrected chi connectivity index (χ3v) is 3.25. The first-order valence-corrected chi connectivity index (χ1v) is 7.94. The number of hydrogen-bond acceptors (Lipinski definition) is 3. The van der Waals surface area contributed by atoms with Crippen LogP contribution in [0.3, 0.4) is 0 Å². The molecule has 0 amide bonds. The Labute approximate surface area is 134 Å². The van der Waals surface area contributed by atoms with E-state index in [1.54, 1.807) is 14.2 Å². The molecule has 0 saturated heterocycles. The molecule has 0 aromatic heterocycles. The third-order valence-electron chi connectivity index (χ3n) is 3.25. The Kier molecular flexibility index (Phi) is 8.88. The van der Waals surface area contributed by atoms with Crippen molar-refractivity contribution in [1.82, 2.24) is 10.6 Å². The topological polar surface area (TPSA) is 54.9 Å². The summed E-state index contributed by atoms with van der Waals surface area (Å²) in [4.78, 5) is 4.21. The van der Waals surface area contributed by atoms with E-state index < -0.39 is 0 Å². The van der Waals surface area contributed by atoms with Crippen LogP contribution in [0.5, 0.6) is 11.5 Å². The first kappa shape index (κ1) is 18.1. The van der Waals surface area contributed by atoms with E-state index in [0.29, 0.717) is 6.54 Å². The van der Waals surface area contributed by atoms with Gasteiger partial charge in [0.05, 0.1) is 13.7 Å². The van der Waals surface area contributed by atoms with Gasteiger partial charge in [0, 0.05) is 13.6 Å². The van der Waals surface area contributed by atoms with Gasteiger partial charge in [-0.1, -0.05) is 19.8 Å². The van der Waals surface area contributed by atoms with Crippen molar-refractivity contribution in [3.05, 3.63) is 24.3 Å². The molecule has 0 saturated carbocycles. The van der Waals surface area contributed by atoms with E-state index in [2.05, 4.69) is 22.5 Å². The smallest absolute Gasteiger partial charge is 0.191 e. The highest BCUT2D eigenvalue weighted by molar-refractivity contribution is 5.79. The van der Waals surface area contributed by atoms with Crippen LogP contribution in [-0.2, 0) is 0 Å². The van der Waals surface area contributed by atoms with Crippen LogP contribution in [0.2, 0.25) is 0 Å². The van der Waals surface area contributed by atoms with Gasteiger partial charge in [0.2, 0.25) is 0 Å². The van der Waals surface area contributed by atoms with Gasteiger partial charge in [-0.25, -0.2) is 0 Å². The van der Waals surface area contributed by atoms with E-state index in [4.69, 9.17) is 9.47 Å². The monoisotopic (exact) mass is 307 g/mol. The van der Waals surface area contributed by atoms with Crippen molar-refractivity contribution in [2.75, 3.05) is 27.2 Å². The average molecular weight is 307 g/mol. The fourth-order valence-corrected chi connectivity index (χ4v) is 1.97. The lowest BCUT2D eigenvalue weighted by Gasteiger charge is -2.18. The van der Waals surface area contributed by atoms with Crippen molar-refractivity contribution in [3.63, 3.8) is 0 Å². The lowest BCUT2D eigenvalue weighted by molar-refractivity contribution is 0.223. The molecular formula is C17H29N3O2. The number of nitrogens with one attached hydrogen (secondary N) is 2. The first-order chi connectivity index (χ1) is 10.7. The van der Waals surface area contributed by atoms with E-state index in [0.717, 1.165) is 30.4 Å². The molecule has 0 spiro atoms. The second-order valence-electron chi connectivity index (χ2n) is 5.19. The molecule has 5 heteroatoms. The molecule has 2 N–H and O–H groups in total. The molecule has 0 radical (unpaired) electrons. The zero-order valence-electron chi connectivity index (χ0n) is 14.2. The van der Waals surface area contributed by atoms with E-state index >= 15 is 0 Å². The van der Waals surface area contributed by atoms with Crippen LogP contribution < -0.4 is 20.1 Å². The van der Waals surface area contributed by atoms with Gasteiger partial charge in [-0.05, 0) is 37.6 Å². The molecule has 5 nitrogen and oxygen atoms in total. The highest BCUT2D eigenvalue weighted by Crippen LogP contribution is 2.17. The first-order valence-electron chi connectivity index (χ1n) is 7.94. The molecule has 0 aliphatic heterocycles. The Morgan fingerprint density at radius 2 is 1.82 bits per heavy atom. The predicted octanol–water partition coefficient (Wildman–Crippen LogP) is 2.82. The number of aliphatic imine (C=N–C) groups is 1. The normalized spacial score (nSPS) is 12.6. The summed E-state index contributed by atoms with van der Waals surface area (Å²) in [7, 11) is 3.44. The van der Waals surface area contributed by atoms with E-state index in [-0.39, 0.29) is 6.10 Å². The number of guanidine groups is 1. The van der Waals surface area contributed by atoms with Crippen molar-refractivity contribution in [2.24, 2.45) is 4.99 Å². The predicted molar refractivity (Wildman–Crippen MR) is 92.0 cm³/mol. The maximum atomic E-state index is 5.85. The number of hydrogen-bond donors (Lipinski definition) is 2. The maximum Gasteiger partial charge on any atom is 0.191 e. The van der Waals surface area contributed by atoms with E-state index in [1.807, 2.05) is 31.2 Å². The van der Waals surface area contributed by atoms with Crippen LogP contribution >= 0.6 is 0 Å². The summed E-state index contributed by atoms with van der Waals surface area (Å²) in [6.45, 7) is 5.87. The zero-order chi connectivity index (χ0) is 16.2. The van der Waals surface area contributed by atoms with Gasteiger partial charge < -0.3 is 20.1 Å². The number of nitrogens with zero attached hydrogens (tertiary/aromatic N) is 1. The number of methoxy groups -OCH3 is 1. The second kappa shape index (κ2) is 10.8. The van der Waals surface area contributed by atoms with Crippen molar-refractivity contribution in [2.45, 2.75) is 39.2 Å². The van der Waals surface area contributed by atoms with Crippen molar-refractivity contribution in [1.29, 1.82) is 0 Å².